The van der Waals surface area contributed by atoms with Gasteiger partial charge in [0.2, 0.25) is 0 Å². The van der Waals surface area contributed by atoms with E-state index in [0.717, 1.165) is 18.2 Å². The van der Waals surface area contributed by atoms with Gasteiger partial charge in [-0.25, -0.2) is 0 Å². The maximum absolute atomic E-state index is 11.2. The van der Waals surface area contributed by atoms with E-state index < -0.39 is 16.5 Å². The molecule has 76 valence electrons. The fourth-order valence-corrected chi connectivity index (χ4v) is 2.27. The molecule has 0 amide bonds. The third-order valence-corrected chi connectivity index (χ3v) is 3.46. The van der Waals surface area contributed by atoms with Crippen molar-refractivity contribution in [3.63, 3.8) is 0 Å². The normalized spacial score (nSPS) is 11.3. The first-order valence-corrected chi connectivity index (χ1v) is 6.81. The lowest BCUT2D eigenvalue weighted by Crippen LogP contribution is -2.00. The van der Waals surface area contributed by atoms with Crippen LogP contribution in [0.15, 0.2) is 18.2 Å². The fraction of sp³-hybridized carbons (Fsp3) is 0. The second-order valence-electron chi connectivity index (χ2n) is 2.39. The number of aromatic hydroxyl groups is 1. The Morgan fingerprint density at radius 2 is 2.00 bits per heavy atom. The smallest absolute Gasteiger partial charge is 0.285 e. The van der Waals surface area contributed by atoms with E-state index in [1.807, 2.05) is 0 Å². The van der Waals surface area contributed by atoms with Gasteiger partial charge in [-0.15, -0.1) is 0 Å². The minimum atomic E-state index is -3.73. The third kappa shape index (κ3) is 2.38. The number of phenols is 1. The summed E-state index contributed by atoms with van der Waals surface area (Å²) in [6, 6.07) is 2.96. The molecule has 5 nitrogen and oxygen atoms in total. The van der Waals surface area contributed by atoms with Crippen molar-refractivity contribution in [2.24, 2.45) is 0 Å². The van der Waals surface area contributed by atoms with E-state index in [4.69, 9.17) is 22.5 Å². The summed E-state index contributed by atoms with van der Waals surface area (Å²) >= 11 is 10.6. The van der Waals surface area contributed by atoms with Crippen LogP contribution in [0.4, 0.5) is 5.69 Å². The molecule has 1 N–H and O–H groups in total. The zero-order valence-corrected chi connectivity index (χ0v) is 8.96. The highest BCUT2D eigenvalue weighted by molar-refractivity contribution is 8.13. The summed E-state index contributed by atoms with van der Waals surface area (Å²) in [4.78, 5) is 9.64. The van der Waals surface area contributed by atoms with Gasteiger partial charge < -0.3 is 5.11 Å². The lowest BCUT2D eigenvalue weighted by Gasteiger charge is -2.03. The Labute approximate surface area is 88.4 Å². The molecule has 0 aromatic heterocycles. The van der Waals surface area contributed by atoms with Gasteiger partial charge in [0.1, 0.15) is 5.75 Å². The Morgan fingerprint density at radius 3 is 2.43 bits per heavy atom. The highest BCUT2D eigenvalue weighted by Gasteiger charge is 2.24. The highest BCUT2D eigenvalue weighted by atomic mass is 35.9. The minimum Gasteiger partial charge on any atom is -0.507 e. The van der Waals surface area contributed by atoms with E-state index in [1.54, 1.807) is 0 Å². The van der Waals surface area contributed by atoms with Crippen LogP contribution in [0.2, 0.25) is 0 Å². The molecular weight excluding hydrogens is 252 g/mol. The van der Waals surface area contributed by atoms with Gasteiger partial charge in [-0.05, 0) is 28.5 Å². The van der Waals surface area contributed by atoms with E-state index in [1.165, 1.54) is 0 Å². The van der Waals surface area contributed by atoms with E-state index >= 15 is 0 Å². The predicted molar refractivity (Wildman–Crippen MR) is 53.7 cm³/mol. The Balaban J connectivity index is 3.36. The maximum Gasteiger partial charge on any atom is 0.285 e. The first-order valence-electron chi connectivity index (χ1n) is 3.29. The van der Waals surface area contributed by atoms with E-state index in [9.17, 15) is 19.8 Å². The van der Waals surface area contributed by atoms with Crippen LogP contribution in [-0.2, 0) is 4.57 Å². The van der Waals surface area contributed by atoms with Crippen LogP contribution in [0.3, 0.4) is 0 Å². The van der Waals surface area contributed by atoms with Crippen LogP contribution in [0.5, 0.6) is 5.75 Å². The lowest BCUT2D eigenvalue weighted by atomic mass is 10.3. The number of rotatable bonds is 2. The molecule has 0 heterocycles. The summed E-state index contributed by atoms with van der Waals surface area (Å²) in [6.45, 7) is 0. The number of hydrogen-bond acceptors (Lipinski definition) is 4. The number of nitrogens with zero attached hydrogens (tertiary/aromatic N) is 1. The highest BCUT2D eigenvalue weighted by Crippen LogP contribution is 2.57. The summed E-state index contributed by atoms with van der Waals surface area (Å²) in [5, 5.41) is 19.2. The molecule has 0 bridgehead atoms. The van der Waals surface area contributed by atoms with Crippen molar-refractivity contribution in [3.8, 4) is 5.75 Å². The van der Waals surface area contributed by atoms with E-state index in [0.29, 0.717) is 0 Å². The second-order valence-corrected chi connectivity index (χ2v) is 7.17. The van der Waals surface area contributed by atoms with E-state index in [2.05, 4.69) is 0 Å². The number of nitro groups is 1. The quantitative estimate of drug-likeness (QED) is 0.501. The van der Waals surface area contributed by atoms with Gasteiger partial charge in [-0.2, -0.15) is 0 Å². The third-order valence-electron chi connectivity index (χ3n) is 1.45. The minimum absolute atomic E-state index is 0.324. The SMILES string of the molecule is O=[N+]([O-])c1ccc(O)c(P(=O)(Cl)Cl)c1. The van der Waals surface area contributed by atoms with Crippen molar-refractivity contribution < 1.29 is 14.6 Å². The first kappa shape index (κ1) is 11.3. The molecule has 0 aliphatic rings. The first-order chi connectivity index (χ1) is 6.32. The molecule has 1 aromatic carbocycles. The van der Waals surface area contributed by atoms with Gasteiger partial charge in [0.15, 0.2) is 0 Å². The molecule has 0 radical (unpaired) electrons. The zero-order valence-electron chi connectivity index (χ0n) is 6.55. The number of non-ortho nitro benzene ring substituents is 1. The molecule has 0 spiro atoms. The molecule has 0 atom stereocenters. The molecule has 0 aliphatic heterocycles. The molecule has 0 fully saturated rings. The van der Waals surface area contributed by atoms with Crippen LogP contribution in [-0.4, -0.2) is 10.0 Å². The van der Waals surface area contributed by atoms with Crippen molar-refractivity contribution >= 4 is 39.3 Å². The number of nitro benzene ring substituents is 1. The Bertz CT molecular complexity index is 430. The molecular formula is C6H4Cl2NO4P. The molecule has 0 saturated carbocycles. The summed E-state index contributed by atoms with van der Waals surface area (Å²) < 4.78 is 11.2. The van der Waals surface area contributed by atoms with Crippen molar-refractivity contribution in [1.82, 2.24) is 0 Å². The standard InChI is InChI=1S/C6H4Cl2NO4P/c7-14(8,13)6-3-4(9(11)12)1-2-5(6)10/h1-3,10H. The molecule has 0 unspecified atom stereocenters. The molecule has 14 heavy (non-hydrogen) atoms. The predicted octanol–water partition coefficient (Wildman–Crippen LogP) is 2.60. The maximum atomic E-state index is 11.2. The second kappa shape index (κ2) is 3.77. The van der Waals surface area contributed by atoms with Crippen LogP contribution < -0.4 is 5.30 Å². The molecule has 8 heteroatoms. The Kier molecular flexibility index (Phi) is 3.04. The van der Waals surface area contributed by atoms with Crippen LogP contribution >= 0.6 is 28.3 Å². The van der Waals surface area contributed by atoms with Crippen molar-refractivity contribution in [3.05, 3.63) is 28.3 Å². The molecule has 1 rings (SSSR count). The number of benzene rings is 1. The number of halogens is 2. The zero-order chi connectivity index (χ0) is 10.9. The fourth-order valence-electron chi connectivity index (χ4n) is 0.834. The molecule has 1 aromatic rings. The van der Waals surface area contributed by atoms with Gasteiger partial charge in [-0.3, -0.25) is 14.7 Å². The number of phenolic OH excluding ortho intramolecular Hbond substituents is 1. The summed E-state index contributed by atoms with van der Waals surface area (Å²) in [5.41, 5.74) is -0.334. The average molecular weight is 256 g/mol. The molecule has 0 aliphatic carbocycles. The average Bonchev–Trinajstić information content (AvgIpc) is 2.02. The van der Waals surface area contributed by atoms with Gasteiger partial charge in [0.05, 0.1) is 10.2 Å². The molecule has 0 saturated heterocycles. The lowest BCUT2D eigenvalue weighted by molar-refractivity contribution is -0.384. The topological polar surface area (TPSA) is 80.4 Å². The van der Waals surface area contributed by atoms with Gasteiger partial charge in [0.25, 0.3) is 11.5 Å². The summed E-state index contributed by atoms with van der Waals surface area (Å²) in [5.74, 6) is -4.16. The van der Waals surface area contributed by atoms with Crippen LogP contribution in [0.25, 0.3) is 0 Å². The Morgan fingerprint density at radius 1 is 1.43 bits per heavy atom. The van der Waals surface area contributed by atoms with Crippen LogP contribution in [0.1, 0.15) is 0 Å². The summed E-state index contributed by atoms with van der Waals surface area (Å²) in [7, 11) is 0. The Hall–Kier alpha value is -0.770. The van der Waals surface area contributed by atoms with Crippen molar-refractivity contribution in [1.29, 1.82) is 0 Å². The monoisotopic (exact) mass is 255 g/mol. The van der Waals surface area contributed by atoms with Gasteiger partial charge in [0, 0.05) is 12.1 Å². The number of hydrogen-bond donors (Lipinski definition) is 1. The summed E-state index contributed by atoms with van der Waals surface area (Å²) in [6.07, 6.45) is 0. The van der Waals surface area contributed by atoms with Crippen LogP contribution in [0, 0.1) is 10.1 Å². The van der Waals surface area contributed by atoms with Crippen molar-refractivity contribution in [2.45, 2.75) is 0 Å². The largest absolute Gasteiger partial charge is 0.507 e. The van der Waals surface area contributed by atoms with Gasteiger partial charge >= 0.3 is 0 Å². The van der Waals surface area contributed by atoms with Gasteiger partial charge in [-0.1, -0.05) is 0 Å². The van der Waals surface area contributed by atoms with E-state index in [-0.39, 0.29) is 11.0 Å². The van der Waals surface area contributed by atoms with Crippen molar-refractivity contribution in [2.75, 3.05) is 0 Å².